The van der Waals surface area contributed by atoms with Gasteiger partial charge in [0.15, 0.2) is 5.82 Å². The lowest BCUT2D eigenvalue weighted by Crippen LogP contribution is -2.31. The number of amides is 1. The average molecular weight is 266 g/mol. The predicted molar refractivity (Wildman–Crippen MR) is 78.0 cm³/mol. The summed E-state index contributed by atoms with van der Waals surface area (Å²) in [6, 6.07) is 1.74. The number of hydrogen-bond donors (Lipinski definition) is 3. The Hall–Kier alpha value is -1.36. The summed E-state index contributed by atoms with van der Waals surface area (Å²) in [5.74, 6) is 0.844. The lowest BCUT2D eigenvalue weighted by Gasteiger charge is -2.22. The molecule has 0 aliphatic rings. The first-order valence-electron chi connectivity index (χ1n) is 6.78. The molecule has 0 bridgehead atoms. The van der Waals surface area contributed by atoms with Crippen molar-refractivity contribution >= 4 is 11.7 Å². The molecular weight excluding hydrogens is 240 g/mol. The first-order valence-corrected chi connectivity index (χ1v) is 6.78. The van der Waals surface area contributed by atoms with Crippen LogP contribution in [-0.2, 0) is 4.79 Å². The summed E-state index contributed by atoms with van der Waals surface area (Å²) in [5.41, 5.74) is 7.12. The molecule has 1 amide bonds. The Kier molecular flexibility index (Phi) is 5.11. The molecule has 4 N–H and O–H groups in total. The van der Waals surface area contributed by atoms with Crippen LogP contribution in [0.5, 0.6) is 0 Å². The fourth-order valence-corrected chi connectivity index (χ4v) is 1.99. The van der Waals surface area contributed by atoms with Crippen molar-refractivity contribution in [2.75, 3.05) is 5.32 Å². The molecular formula is C14H26N4O. The highest BCUT2D eigenvalue weighted by Gasteiger charge is 2.18. The molecule has 0 radical (unpaired) electrons. The Bertz CT molecular complexity index is 417. The number of nitrogens with two attached hydrogens (primary N) is 1. The highest BCUT2D eigenvalue weighted by Crippen LogP contribution is 2.21. The molecule has 1 atom stereocenters. The van der Waals surface area contributed by atoms with Crippen LogP contribution >= 0.6 is 0 Å². The molecule has 0 aromatic carbocycles. The van der Waals surface area contributed by atoms with Crippen molar-refractivity contribution < 1.29 is 4.79 Å². The summed E-state index contributed by atoms with van der Waals surface area (Å²) in [7, 11) is 0. The third-order valence-electron chi connectivity index (χ3n) is 2.81. The minimum absolute atomic E-state index is 0.0847. The monoisotopic (exact) mass is 266 g/mol. The minimum Gasteiger partial charge on any atom is -0.327 e. The van der Waals surface area contributed by atoms with Gasteiger partial charge in [0, 0.05) is 24.2 Å². The van der Waals surface area contributed by atoms with Crippen molar-refractivity contribution in [3.05, 3.63) is 11.8 Å². The number of rotatable bonds is 5. The number of carbonyl (C=O) groups is 1. The van der Waals surface area contributed by atoms with Crippen molar-refractivity contribution in [1.82, 2.24) is 10.2 Å². The smallest absolute Gasteiger partial charge is 0.227 e. The van der Waals surface area contributed by atoms with E-state index in [0.717, 1.165) is 12.1 Å². The number of hydrogen-bond acceptors (Lipinski definition) is 3. The molecule has 0 saturated heterocycles. The van der Waals surface area contributed by atoms with Crippen LogP contribution in [0.2, 0.25) is 0 Å². The quantitative estimate of drug-likeness (QED) is 0.766. The Morgan fingerprint density at radius 3 is 2.58 bits per heavy atom. The third kappa shape index (κ3) is 5.87. The van der Waals surface area contributed by atoms with Gasteiger partial charge in [-0.15, -0.1) is 0 Å². The van der Waals surface area contributed by atoms with E-state index in [0.29, 0.717) is 18.2 Å². The zero-order valence-corrected chi connectivity index (χ0v) is 12.6. The Balaban J connectivity index is 2.46. The zero-order chi connectivity index (χ0) is 14.6. The largest absolute Gasteiger partial charge is 0.327 e. The second kappa shape index (κ2) is 6.19. The van der Waals surface area contributed by atoms with Crippen molar-refractivity contribution in [2.45, 2.75) is 59.4 Å². The molecule has 1 heterocycles. The summed E-state index contributed by atoms with van der Waals surface area (Å²) < 4.78 is 0. The van der Waals surface area contributed by atoms with E-state index in [-0.39, 0.29) is 17.4 Å². The van der Waals surface area contributed by atoms with Gasteiger partial charge in [-0.25, -0.2) is 0 Å². The molecule has 1 rings (SSSR count). The number of anilines is 1. The van der Waals surface area contributed by atoms with Gasteiger partial charge in [0.1, 0.15) is 0 Å². The summed E-state index contributed by atoms with van der Waals surface area (Å²) in [4.78, 5) is 11.8. The van der Waals surface area contributed by atoms with Gasteiger partial charge >= 0.3 is 0 Å². The van der Waals surface area contributed by atoms with Gasteiger partial charge < -0.3 is 11.1 Å². The number of aromatic amines is 1. The van der Waals surface area contributed by atoms with Crippen LogP contribution in [0, 0.1) is 5.41 Å². The Morgan fingerprint density at radius 2 is 2.11 bits per heavy atom. The molecule has 108 valence electrons. The van der Waals surface area contributed by atoms with Gasteiger partial charge in [-0.2, -0.15) is 5.10 Å². The first kappa shape index (κ1) is 15.7. The fraction of sp³-hybridized carbons (Fsp3) is 0.714. The minimum atomic E-state index is -0.122. The molecule has 1 aromatic heterocycles. The standard InChI is InChI=1S/C14H26N4O/c1-9(2)11-7-12(18-17-11)16-13(19)6-10(15)8-14(3,4)5/h7,9-10H,6,8,15H2,1-5H3,(H2,16,17,18,19). The first-order chi connectivity index (χ1) is 8.67. The molecule has 0 saturated carbocycles. The van der Waals surface area contributed by atoms with E-state index < -0.39 is 0 Å². The van der Waals surface area contributed by atoms with E-state index in [4.69, 9.17) is 5.73 Å². The third-order valence-corrected chi connectivity index (χ3v) is 2.81. The second-order valence-corrected chi connectivity index (χ2v) is 6.64. The lowest BCUT2D eigenvalue weighted by molar-refractivity contribution is -0.116. The van der Waals surface area contributed by atoms with Crippen LogP contribution in [0.1, 0.15) is 59.1 Å². The van der Waals surface area contributed by atoms with Crippen LogP contribution in [0.25, 0.3) is 0 Å². The Labute approximate surface area is 115 Å². The van der Waals surface area contributed by atoms with Crippen LogP contribution in [-0.4, -0.2) is 22.1 Å². The van der Waals surface area contributed by atoms with Gasteiger partial charge in [-0.3, -0.25) is 9.89 Å². The fourth-order valence-electron chi connectivity index (χ4n) is 1.99. The maximum Gasteiger partial charge on any atom is 0.227 e. The summed E-state index contributed by atoms with van der Waals surface area (Å²) >= 11 is 0. The number of carbonyl (C=O) groups excluding carboxylic acids is 1. The van der Waals surface area contributed by atoms with Gasteiger partial charge in [-0.1, -0.05) is 34.6 Å². The maximum atomic E-state index is 11.8. The molecule has 0 spiro atoms. The molecule has 0 aliphatic carbocycles. The molecule has 1 unspecified atom stereocenters. The van der Waals surface area contributed by atoms with Gasteiger partial charge in [0.2, 0.25) is 5.91 Å². The van der Waals surface area contributed by atoms with E-state index in [9.17, 15) is 4.79 Å². The number of nitrogens with one attached hydrogen (secondary N) is 2. The van der Waals surface area contributed by atoms with E-state index in [1.807, 2.05) is 6.07 Å². The molecule has 19 heavy (non-hydrogen) atoms. The van der Waals surface area contributed by atoms with Gasteiger partial charge in [0.05, 0.1) is 0 Å². The highest BCUT2D eigenvalue weighted by molar-refractivity contribution is 5.90. The zero-order valence-electron chi connectivity index (χ0n) is 12.6. The van der Waals surface area contributed by atoms with Gasteiger partial charge in [0.25, 0.3) is 0 Å². The summed E-state index contributed by atoms with van der Waals surface area (Å²) in [5, 5.41) is 9.74. The maximum absolute atomic E-state index is 11.8. The normalized spacial score (nSPS) is 13.6. The van der Waals surface area contributed by atoms with Gasteiger partial charge in [-0.05, 0) is 17.8 Å². The number of aromatic nitrogens is 2. The van der Waals surface area contributed by atoms with Crippen LogP contribution in [0.3, 0.4) is 0 Å². The SMILES string of the molecule is CC(C)c1cc(NC(=O)CC(N)CC(C)(C)C)n[nH]1. The summed E-state index contributed by atoms with van der Waals surface area (Å²) in [6.07, 6.45) is 1.14. The number of H-pyrrole nitrogens is 1. The highest BCUT2D eigenvalue weighted by atomic mass is 16.1. The van der Waals surface area contributed by atoms with Crippen LogP contribution < -0.4 is 11.1 Å². The molecule has 5 heteroatoms. The van der Waals surface area contributed by atoms with Crippen molar-refractivity contribution in [3.8, 4) is 0 Å². The van der Waals surface area contributed by atoms with E-state index >= 15 is 0 Å². The van der Waals surface area contributed by atoms with Crippen LogP contribution in [0.15, 0.2) is 6.07 Å². The molecule has 1 aromatic rings. The van der Waals surface area contributed by atoms with Crippen molar-refractivity contribution in [3.63, 3.8) is 0 Å². The predicted octanol–water partition coefficient (Wildman–Crippen LogP) is 2.63. The van der Waals surface area contributed by atoms with Crippen LogP contribution in [0.4, 0.5) is 5.82 Å². The summed E-state index contributed by atoms with van der Waals surface area (Å²) in [6.45, 7) is 10.5. The second-order valence-electron chi connectivity index (χ2n) is 6.64. The van der Waals surface area contributed by atoms with Crippen molar-refractivity contribution in [2.24, 2.45) is 11.1 Å². The average Bonchev–Trinajstić information content (AvgIpc) is 2.62. The van der Waals surface area contributed by atoms with E-state index in [1.54, 1.807) is 0 Å². The van der Waals surface area contributed by atoms with Crippen molar-refractivity contribution in [1.29, 1.82) is 0 Å². The number of nitrogens with zero attached hydrogens (tertiary/aromatic N) is 1. The Morgan fingerprint density at radius 1 is 1.47 bits per heavy atom. The van der Waals surface area contributed by atoms with E-state index in [1.165, 1.54) is 0 Å². The molecule has 0 aliphatic heterocycles. The topological polar surface area (TPSA) is 83.8 Å². The van der Waals surface area contributed by atoms with E-state index in [2.05, 4.69) is 50.1 Å². The molecule has 0 fully saturated rings. The lowest BCUT2D eigenvalue weighted by atomic mass is 9.87. The molecule has 5 nitrogen and oxygen atoms in total.